The minimum Gasteiger partial charge on any atom is -0.494 e. The SMILES string of the molecule is Cn1nc(O)cc1NCCCCOc1cccc(CN2CCCC2)c1. The Morgan fingerprint density at radius 3 is 2.80 bits per heavy atom. The maximum Gasteiger partial charge on any atom is 0.232 e. The largest absolute Gasteiger partial charge is 0.494 e. The summed E-state index contributed by atoms with van der Waals surface area (Å²) in [5.74, 6) is 1.83. The highest BCUT2D eigenvalue weighted by Gasteiger charge is 2.11. The molecule has 6 heteroatoms. The number of nitrogens with zero attached hydrogens (tertiary/aromatic N) is 3. The number of hydrogen-bond acceptors (Lipinski definition) is 5. The summed E-state index contributed by atoms with van der Waals surface area (Å²) >= 11 is 0. The van der Waals surface area contributed by atoms with Gasteiger partial charge in [0.1, 0.15) is 11.6 Å². The third kappa shape index (κ3) is 5.39. The lowest BCUT2D eigenvalue weighted by molar-refractivity contribution is 0.305. The predicted octanol–water partition coefficient (Wildman–Crippen LogP) is 2.99. The van der Waals surface area contributed by atoms with E-state index in [4.69, 9.17) is 4.74 Å². The highest BCUT2D eigenvalue weighted by atomic mass is 16.5. The first-order valence-corrected chi connectivity index (χ1v) is 9.12. The average molecular weight is 344 g/mol. The number of nitrogens with one attached hydrogen (secondary N) is 1. The molecule has 0 bridgehead atoms. The zero-order valence-corrected chi connectivity index (χ0v) is 14.9. The molecule has 0 aliphatic carbocycles. The molecule has 1 fully saturated rings. The van der Waals surface area contributed by atoms with Crippen molar-refractivity contribution < 1.29 is 9.84 Å². The first kappa shape index (κ1) is 17.6. The Kier molecular flexibility index (Phi) is 6.17. The molecule has 0 amide bonds. The maximum absolute atomic E-state index is 9.32. The number of likely N-dealkylation sites (tertiary alicyclic amines) is 1. The van der Waals surface area contributed by atoms with Crippen LogP contribution in [0.5, 0.6) is 11.6 Å². The van der Waals surface area contributed by atoms with E-state index in [0.29, 0.717) is 6.61 Å². The molecule has 0 unspecified atom stereocenters. The van der Waals surface area contributed by atoms with Crippen LogP contribution in [0.4, 0.5) is 5.82 Å². The molecule has 1 aliphatic heterocycles. The molecule has 2 heterocycles. The van der Waals surface area contributed by atoms with Crippen molar-refractivity contribution in [2.24, 2.45) is 7.05 Å². The highest BCUT2D eigenvalue weighted by molar-refractivity contribution is 5.38. The fourth-order valence-corrected chi connectivity index (χ4v) is 3.18. The number of benzene rings is 1. The summed E-state index contributed by atoms with van der Waals surface area (Å²) in [7, 11) is 1.81. The molecule has 25 heavy (non-hydrogen) atoms. The van der Waals surface area contributed by atoms with Crippen molar-refractivity contribution in [2.75, 3.05) is 31.6 Å². The molecule has 1 aromatic heterocycles. The Labute approximate surface area is 149 Å². The van der Waals surface area contributed by atoms with Crippen LogP contribution in [-0.2, 0) is 13.6 Å². The Bertz CT molecular complexity index is 665. The van der Waals surface area contributed by atoms with Gasteiger partial charge in [0.05, 0.1) is 6.61 Å². The topological polar surface area (TPSA) is 62.6 Å². The van der Waals surface area contributed by atoms with Gasteiger partial charge in [-0.15, -0.1) is 5.10 Å². The van der Waals surface area contributed by atoms with E-state index in [1.54, 1.807) is 17.8 Å². The monoisotopic (exact) mass is 344 g/mol. The first-order chi connectivity index (χ1) is 12.2. The molecule has 6 nitrogen and oxygen atoms in total. The minimum atomic E-state index is 0.0437. The van der Waals surface area contributed by atoms with Crippen LogP contribution in [0, 0.1) is 0 Å². The Morgan fingerprint density at radius 2 is 2.04 bits per heavy atom. The third-order valence-electron chi connectivity index (χ3n) is 4.52. The van der Waals surface area contributed by atoms with Gasteiger partial charge < -0.3 is 15.2 Å². The minimum absolute atomic E-state index is 0.0437. The van der Waals surface area contributed by atoms with Crippen LogP contribution in [0.25, 0.3) is 0 Å². The molecule has 3 rings (SSSR count). The van der Waals surface area contributed by atoms with E-state index in [2.05, 4.69) is 33.5 Å². The number of unbranched alkanes of at least 4 members (excludes halogenated alkanes) is 1. The van der Waals surface area contributed by atoms with Crippen LogP contribution in [0.1, 0.15) is 31.2 Å². The molecule has 2 aromatic rings. The number of aromatic nitrogens is 2. The summed E-state index contributed by atoms with van der Waals surface area (Å²) in [4.78, 5) is 2.50. The molecule has 1 saturated heterocycles. The van der Waals surface area contributed by atoms with E-state index in [1.807, 2.05) is 6.07 Å². The quantitative estimate of drug-likeness (QED) is 0.685. The van der Waals surface area contributed by atoms with Crippen molar-refractivity contribution in [3.63, 3.8) is 0 Å². The standard InChI is InChI=1S/C19H28N4O2/c1-22-18(14-19(24)21-22)20-9-2-5-12-25-17-8-6-7-16(13-17)15-23-10-3-4-11-23/h6-8,13-14,20H,2-5,9-12,15H2,1H3,(H,21,24). The number of hydrogen-bond donors (Lipinski definition) is 2. The molecular weight excluding hydrogens is 316 g/mol. The number of anilines is 1. The van der Waals surface area contributed by atoms with Gasteiger partial charge in [-0.05, 0) is 56.5 Å². The summed E-state index contributed by atoms with van der Waals surface area (Å²) in [6.45, 7) is 5.00. The predicted molar refractivity (Wildman–Crippen MR) is 99.0 cm³/mol. The van der Waals surface area contributed by atoms with E-state index < -0.39 is 0 Å². The van der Waals surface area contributed by atoms with E-state index in [-0.39, 0.29) is 5.88 Å². The van der Waals surface area contributed by atoms with E-state index in [1.165, 1.54) is 31.5 Å². The Balaban J connectivity index is 1.34. The Hall–Kier alpha value is -2.21. The van der Waals surface area contributed by atoms with Crippen LogP contribution < -0.4 is 10.1 Å². The number of aromatic hydroxyl groups is 1. The zero-order chi connectivity index (χ0) is 17.5. The second-order valence-electron chi connectivity index (χ2n) is 6.62. The lowest BCUT2D eigenvalue weighted by atomic mass is 10.2. The average Bonchev–Trinajstić information content (AvgIpc) is 3.20. The van der Waals surface area contributed by atoms with Crippen molar-refractivity contribution in [1.29, 1.82) is 0 Å². The zero-order valence-electron chi connectivity index (χ0n) is 14.9. The van der Waals surface area contributed by atoms with Gasteiger partial charge in [-0.2, -0.15) is 0 Å². The van der Waals surface area contributed by atoms with Gasteiger partial charge in [0.25, 0.3) is 0 Å². The van der Waals surface area contributed by atoms with Crippen LogP contribution in [0.2, 0.25) is 0 Å². The molecular formula is C19H28N4O2. The normalized spacial score (nSPS) is 14.8. The number of aryl methyl sites for hydroxylation is 1. The lowest BCUT2D eigenvalue weighted by Crippen LogP contribution is -2.18. The summed E-state index contributed by atoms with van der Waals surface area (Å²) in [6, 6.07) is 10.1. The molecule has 1 aliphatic rings. The molecule has 0 atom stereocenters. The smallest absolute Gasteiger partial charge is 0.232 e. The van der Waals surface area contributed by atoms with E-state index in [0.717, 1.165) is 37.5 Å². The number of ether oxygens (including phenoxy) is 1. The van der Waals surface area contributed by atoms with Gasteiger partial charge >= 0.3 is 0 Å². The summed E-state index contributed by atoms with van der Waals surface area (Å²) in [5.41, 5.74) is 1.33. The summed E-state index contributed by atoms with van der Waals surface area (Å²) in [5, 5.41) is 16.5. The second-order valence-corrected chi connectivity index (χ2v) is 6.62. The van der Waals surface area contributed by atoms with Gasteiger partial charge in [0.2, 0.25) is 5.88 Å². The first-order valence-electron chi connectivity index (χ1n) is 9.12. The number of rotatable bonds is 9. The van der Waals surface area contributed by atoms with Gasteiger partial charge in [-0.25, -0.2) is 4.68 Å². The van der Waals surface area contributed by atoms with Crippen molar-refractivity contribution in [3.8, 4) is 11.6 Å². The van der Waals surface area contributed by atoms with Gasteiger partial charge in [-0.1, -0.05) is 12.1 Å². The molecule has 136 valence electrons. The van der Waals surface area contributed by atoms with Crippen LogP contribution >= 0.6 is 0 Å². The molecule has 0 spiro atoms. The van der Waals surface area contributed by atoms with Gasteiger partial charge in [-0.3, -0.25) is 4.90 Å². The second kappa shape index (κ2) is 8.76. The molecule has 0 saturated carbocycles. The lowest BCUT2D eigenvalue weighted by Gasteiger charge is -2.15. The van der Waals surface area contributed by atoms with Crippen LogP contribution in [0.3, 0.4) is 0 Å². The van der Waals surface area contributed by atoms with Crippen molar-refractivity contribution in [3.05, 3.63) is 35.9 Å². The molecule has 2 N–H and O–H groups in total. The van der Waals surface area contributed by atoms with Crippen molar-refractivity contribution >= 4 is 5.82 Å². The van der Waals surface area contributed by atoms with Gasteiger partial charge in [0.15, 0.2) is 0 Å². The van der Waals surface area contributed by atoms with Crippen molar-refractivity contribution in [1.82, 2.24) is 14.7 Å². The van der Waals surface area contributed by atoms with Gasteiger partial charge in [0, 0.05) is 26.2 Å². The fraction of sp³-hybridized carbons (Fsp3) is 0.526. The van der Waals surface area contributed by atoms with E-state index >= 15 is 0 Å². The molecule has 0 radical (unpaired) electrons. The molecule has 1 aromatic carbocycles. The van der Waals surface area contributed by atoms with E-state index in [9.17, 15) is 5.11 Å². The van der Waals surface area contributed by atoms with Crippen LogP contribution in [0.15, 0.2) is 30.3 Å². The maximum atomic E-state index is 9.32. The fourth-order valence-electron chi connectivity index (χ4n) is 3.18. The Morgan fingerprint density at radius 1 is 1.20 bits per heavy atom. The summed E-state index contributed by atoms with van der Waals surface area (Å²) < 4.78 is 7.52. The summed E-state index contributed by atoms with van der Waals surface area (Å²) in [6.07, 6.45) is 4.62. The highest BCUT2D eigenvalue weighted by Crippen LogP contribution is 2.18. The van der Waals surface area contributed by atoms with Crippen LogP contribution in [-0.4, -0.2) is 46.0 Å². The third-order valence-corrected chi connectivity index (χ3v) is 4.52. The van der Waals surface area contributed by atoms with Crippen molar-refractivity contribution in [2.45, 2.75) is 32.2 Å².